The Labute approximate surface area is 87.7 Å². The van der Waals surface area contributed by atoms with Gasteiger partial charge in [-0.15, -0.1) is 0 Å². The lowest BCUT2D eigenvalue weighted by Gasteiger charge is -2.19. The fourth-order valence-electron chi connectivity index (χ4n) is 1.84. The van der Waals surface area contributed by atoms with Crippen LogP contribution in [0.3, 0.4) is 0 Å². The summed E-state index contributed by atoms with van der Waals surface area (Å²) in [5.41, 5.74) is 7.93. The molecule has 0 saturated carbocycles. The first-order valence-electron chi connectivity index (χ1n) is 4.77. The molecule has 1 saturated heterocycles. The van der Waals surface area contributed by atoms with Crippen molar-refractivity contribution in [1.82, 2.24) is 0 Å². The van der Waals surface area contributed by atoms with Crippen molar-refractivity contribution < 1.29 is 9.59 Å². The molecule has 1 aliphatic rings. The molecule has 2 N–H and O–H groups in total. The van der Waals surface area contributed by atoms with Gasteiger partial charge in [0.1, 0.15) is 0 Å². The molecule has 1 aromatic carbocycles. The van der Waals surface area contributed by atoms with Gasteiger partial charge in [-0.1, -0.05) is 12.1 Å². The van der Waals surface area contributed by atoms with E-state index in [0.717, 1.165) is 5.56 Å². The number of hydrogen-bond donors (Lipinski definition) is 1. The van der Waals surface area contributed by atoms with Crippen LogP contribution < -0.4 is 10.6 Å². The largest absolute Gasteiger partial charge is 0.397 e. The van der Waals surface area contributed by atoms with Gasteiger partial charge in [0.15, 0.2) is 5.78 Å². The van der Waals surface area contributed by atoms with E-state index in [2.05, 4.69) is 0 Å². The standard InChI is InChI=1S/C11H12N2O2/c1-7-3-2-4-9(12)11(7)13-6-8(14)5-10(13)15/h2-4H,5-6,12H2,1H3. The summed E-state index contributed by atoms with van der Waals surface area (Å²) < 4.78 is 0. The number of rotatable bonds is 1. The van der Waals surface area contributed by atoms with Crippen LogP contribution in [0.25, 0.3) is 0 Å². The second-order valence-electron chi connectivity index (χ2n) is 3.71. The first kappa shape index (κ1) is 9.71. The minimum atomic E-state index is -0.166. The molecule has 0 bridgehead atoms. The Bertz CT molecular complexity index is 420. The van der Waals surface area contributed by atoms with Gasteiger partial charge in [0.2, 0.25) is 5.91 Å². The SMILES string of the molecule is Cc1cccc(N)c1N1CC(=O)CC1=O. The highest BCUT2D eigenvalue weighted by Gasteiger charge is 2.30. The van der Waals surface area contributed by atoms with Gasteiger partial charge in [0.25, 0.3) is 0 Å². The molecule has 0 radical (unpaired) electrons. The predicted octanol–water partition coefficient (Wildman–Crippen LogP) is 0.883. The van der Waals surface area contributed by atoms with Gasteiger partial charge in [0.05, 0.1) is 24.3 Å². The van der Waals surface area contributed by atoms with Crippen molar-refractivity contribution >= 4 is 23.1 Å². The number of carbonyl (C=O) groups is 2. The third-order valence-corrected chi connectivity index (χ3v) is 2.52. The summed E-state index contributed by atoms with van der Waals surface area (Å²) in [5.74, 6) is -0.219. The molecule has 1 aliphatic heterocycles. The average molecular weight is 204 g/mol. The molecule has 1 aromatic rings. The van der Waals surface area contributed by atoms with E-state index >= 15 is 0 Å². The Morgan fingerprint density at radius 2 is 2.07 bits per heavy atom. The smallest absolute Gasteiger partial charge is 0.234 e. The van der Waals surface area contributed by atoms with Crippen molar-refractivity contribution in [2.24, 2.45) is 0 Å². The van der Waals surface area contributed by atoms with E-state index in [0.29, 0.717) is 11.4 Å². The summed E-state index contributed by atoms with van der Waals surface area (Å²) in [4.78, 5) is 24.2. The Morgan fingerprint density at radius 3 is 2.60 bits per heavy atom. The summed E-state index contributed by atoms with van der Waals surface area (Å²) in [7, 11) is 0. The molecule has 1 fully saturated rings. The highest BCUT2D eigenvalue weighted by molar-refractivity contribution is 6.16. The number of hydrogen-bond acceptors (Lipinski definition) is 3. The zero-order valence-electron chi connectivity index (χ0n) is 8.49. The van der Waals surface area contributed by atoms with Crippen LogP contribution in [0.1, 0.15) is 12.0 Å². The van der Waals surface area contributed by atoms with Crippen molar-refractivity contribution in [2.45, 2.75) is 13.3 Å². The predicted molar refractivity (Wildman–Crippen MR) is 57.6 cm³/mol. The number of nitrogens with two attached hydrogens (primary N) is 1. The molecule has 0 unspecified atom stereocenters. The maximum absolute atomic E-state index is 11.5. The number of para-hydroxylation sites is 1. The summed E-state index contributed by atoms with van der Waals surface area (Å²) >= 11 is 0. The van der Waals surface area contributed by atoms with Crippen molar-refractivity contribution in [2.75, 3.05) is 17.2 Å². The van der Waals surface area contributed by atoms with E-state index in [1.165, 1.54) is 4.90 Å². The average Bonchev–Trinajstić information content (AvgIpc) is 2.45. The van der Waals surface area contributed by atoms with Crippen LogP contribution in [0.4, 0.5) is 11.4 Å². The van der Waals surface area contributed by atoms with E-state index in [-0.39, 0.29) is 24.7 Å². The lowest BCUT2D eigenvalue weighted by atomic mass is 10.1. The molecule has 4 nitrogen and oxygen atoms in total. The Morgan fingerprint density at radius 1 is 1.33 bits per heavy atom. The van der Waals surface area contributed by atoms with Gasteiger partial charge in [0, 0.05) is 0 Å². The fourth-order valence-corrected chi connectivity index (χ4v) is 1.84. The summed E-state index contributed by atoms with van der Waals surface area (Å²) in [6.07, 6.45) is -0.00618. The van der Waals surface area contributed by atoms with Gasteiger partial charge in [-0.05, 0) is 18.6 Å². The molecule has 1 amide bonds. The Kier molecular flexibility index (Phi) is 2.19. The zero-order chi connectivity index (χ0) is 11.0. The first-order chi connectivity index (χ1) is 7.09. The normalized spacial score (nSPS) is 16.2. The number of amides is 1. The Hall–Kier alpha value is -1.84. The van der Waals surface area contributed by atoms with Crippen LogP contribution in [0, 0.1) is 6.92 Å². The fraction of sp³-hybridized carbons (Fsp3) is 0.273. The van der Waals surface area contributed by atoms with E-state index in [4.69, 9.17) is 5.73 Å². The third-order valence-electron chi connectivity index (χ3n) is 2.52. The van der Waals surface area contributed by atoms with Crippen LogP contribution in [0.5, 0.6) is 0 Å². The minimum absolute atomic E-state index is 0.00618. The van der Waals surface area contributed by atoms with Crippen LogP contribution >= 0.6 is 0 Å². The van der Waals surface area contributed by atoms with Crippen molar-refractivity contribution in [3.8, 4) is 0 Å². The van der Waals surface area contributed by atoms with Crippen LogP contribution in [-0.4, -0.2) is 18.2 Å². The van der Waals surface area contributed by atoms with Gasteiger partial charge in [-0.25, -0.2) is 0 Å². The topological polar surface area (TPSA) is 63.4 Å². The lowest BCUT2D eigenvalue weighted by molar-refractivity contribution is -0.121. The zero-order valence-corrected chi connectivity index (χ0v) is 8.49. The van der Waals surface area contributed by atoms with Gasteiger partial charge >= 0.3 is 0 Å². The van der Waals surface area contributed by atoms with E-state index < -0.39 is 0 Å². The van der Waals surface area contributed by atoms with Crippen LogP contribution in [-0.2, 0) is 9.59 Å². The number of anilines is 2. The molecule has 78 valence electrons. The van der Waals surface area contributed by atoms with E-state index in [1.54, 1.807) is 6.07 Å². The lowest BCUT2D eigenvalue weighted by Crippen LogP contribution is -2.26. The maximum atomic E-state index is 11.5. The second-order valence-corrected chi connectivity index (χ2v) is 3.71. The molecule has 15 heavy (non-hydrogen) atoms. The molecule has 0 spiro atoms. The maximum Gasteiger partial charge on any atom is 0.234 e. The molecule has 0 aromatic heterocycles. The van der Waals surface area contributed by atoms with Gasteiger partial charge in [-0.3, -0.25) is 9.59 Å². The number of benzene rings is 1. The highest BCUT2D eigenvalue weighted by Crippen LogP contribution is 2.29. The molecule has 1 heterocycles. The van der Waals surface area contributed by atoms with Crippen LogP contribution in [0.2, 0.25) is 0 Å². The van der Waals surface area contributed by atoms with Gasteiger partial charge in [-0.2, -0.15) is 0 Å². The summed E-state index contributed by atoms with van der Waals surface area (Å²) in [6.45, 7) is 2.02. The summed E-state index contributed by atoms with van der Waals surface area (Å²) in [5, 5.41) is 0. The minimum Gasteiger partial charge on any atom is -0.397 e. The van der Waals surface area contributed by atoms with Crippen molar-refractivity contribution in [1.29, 1.82) is 0 Å². The quantitative estimate of drug-likeness (QED) is 0.545. The van der Waals surface area contributed by atoms with Crippen molar-refractivity contribution in [3.63, 3.8) is 0 Å². The number of Topliss-reactive ketones (excluding diaryl/α,β-unsaturated/α-hetero) is 1. The molecular formula is C11H12N2O2. The number of aryl methyl sites for hydroxylation is 1. The van der Waals surface area contributed by atoms with Crippen LogP contribution in [0.15, 0.2) is 18.2 Å². The number of ketones is 1. The molecular weight excluding hydrogens is 192 g/mol. The molecule has 2 rings (SSSR count). The Balaban J connectivity index is 2.46. The molecule has 4 heteroatoms. The highest BCUT2D eigenvalue weighted by atomic mass is 16.2. The molecule has 0 atom stereocenters. The van der Waals surface area contributed by atoms with E-state index in [9.17, 15) is 9.59 Å². The molecule has 0 aliphatic carbocycles. The van der Waals surface area contributed by atoms with E-state index in [1.807, 2.05) is 19.1 Å². The number of nitrogen functional groups attached to an aromatic ring is 1. The summed E-state index contributed by atoms with van der Waals surface area (Å²) in [6, 6.07) is 5.44. The number of carbonyl (C=O) groups excluding carboxylic acids is 2. The van der Waals surface area contributed by atoms with Gasteiger partial charge < -0.3 is 10.6 Å². The van der Waals surface area contributed by atoms with Crippen molar-refractivity contribution in [3.05, 3.63) is 23.8 Å². The first-order valence-corrected chi connectivity index (χ1v) is 4.77. The third kappa shape index (κ3) is 1.58. The monoisotopic (exact) mass is 204 g/mol. The number of nitrogens with zero attached hydrogens (tertiary/aromatic N) is 1. The second kappa shape index (κ2) is 3.38.